The fourth-order valence-corrected chi connectivity index (χ4v) is 1.32. The Bertz CT molecular complexity index is 414. The molecule has 0 aromatic carbocycles. The molecule has 0 bridgehead atoms. The van der Waals surface area contributed by atoms with E-state index in [0.717, 1.165) is 18.8 Å². The molecule has 0 unspecified atom stereocenters. The van der Waals surface area contributed by atoms with Gasteiger partial charge in [-0.1, -0.05) is 13.3 Å². The van der Waals surface area contributed by atoms with Crippen LogP contribution in [0.4, 0.5) is 0 Å². The zero-order chi connectivity index (χ0) is 10.5. The van der Waals surface area contributed by atoms with Gasteiger partial charge < -0.3 is 17.0 Å². The molecule has 0 amide bonds. The van der Waals surface area contributed by atoms with Gasteiger partial charge in [0, 0.05) is 12.3 Å². The first-order valence-corrected chi connectivity index (χ1v) is 5.10. The minimum Gasteiger partial charge on any atom is -1.00 e. The minimum atomic E-state index is 0. The van der Waals surface area contributed by atoms with Gasteiger partial charge in [0.1, 0.15) is 0 Å². The van der Waals surface area contributed by atoms with E-state index in [1.165, 1.54) is 12.7 Å². The molecule has 0 aliphatic carbocycles. The molecule has 16 heavy (non-hydrogen) atoms. The Morgan fingerprint density at radius 1 is 1.44 bits per heavy atom. The van der Waals surface area contributed by atoms with Gasteiger partial charge >= 0.3 is 0 Å². The van der Waals surface area contributed by atoms with Crippen molar-refractivity contribution in [3.63, 3.8) is 0 Å². The number of hydrogen-bond acceptors (Lipinski definition) is 3. The van der Waals surface area contributed by atoms with E-state index in [9.17, 15) is 0 Å². The molecule has 0 aliphatic rings. The SMILES string of the molecule is CCCCn1c[n+](-c2ccncn2)cn1.[Br-]. The van der Waals surface area contributed by atoms with Crippen molar-refractivity contribution in [3.05, 3.63) is 31.2 Å². The molecule has 5 nitrogen and oxygen atoms in total. The first kappa shape index (κ1) is 12.8. The van der Waals surface area contributed by atoms with Crippen molar-refractivity contribution < 1.29 is 21.5 Å². The maximum absolute atomic E-state index is 4.25. The molecule has 86 valence electrons. The Morgan fingerprint density at radius 2 is 2.31 bits per heavy atom. The molecule has 2 aromatic rings. The maximum atomic E-state index is 4.25. The molecule has 2 aromatic heterocycles. The largest absolute Gasteiger partial charge is 1.00 e. The highest BCUT2D eigenvalue weighted by Gasteiger charge is 2.06. The lowest BCUT2D eigenvalue weighted by Crippen LogP contribution is -3.00. The predicted molar refractivity (Wildman–Crippen MR) is 54.3 cm³/mol. The van der Waals surface area contributed by atoms with E-state index in [0.29, 0.717) is 0 Å². The molecule has 0 saturated carbocycles. The Hall–Kier alpha value is -1.30. The van der Waals surface area contributed by atoms with E-state index in [-0.39, 0.29) is 17.0 Å². The van der Waals surface area contributed by atoms with Crippen LogP contribution in [0.15, 0.2) is 31.2 Å². The molecule has 2 heterocycles. The molecule has 0 aliphatic heterocycles. The summed E-state index contributed by atoms with van der Waals surface area (Å²) in [7, 11) is 0. The van der Waals surface area contributed by atoms with Crippen molar-refractivity contribution in [2.45, 2.75) is 26.3 Å². The number of unbranched alkanes of at least 4 members (excludes halogenated alkanes) is 1. The van der Waals surface area contributed by atoms with Crippen LogP contribution in [0.2, 0.25) is 0 Å². The lowest BCUT2D eigenvalue weighted by molar-refractivity contribution is -0.600. The summed E-state index contributed by atoms with van der Waals surface area (Å²) in [6.45, 7) is 3.12. The average Bonchev–Trinajstić information content (AvgIpc) is 2.76. The number of hydrogen-bond donors (Lipinski definition) is 0. The summed E-state index contributed by atoms with van der Waals surface area (Å²) in [5.74, 6) is 0.841. The summed E-state index contributed by atoms with van der Waals surface area (Å²) in [5, 5.41) is 4.25. The van der Waals surface area contributed by atoms with E-state index in [1.807, 2.05) is 21.6 Å². The van der Waals surface area contributed by atoms with Gasteiger partial charge in [-0.2, -0.15) is 4.57 Å². The van der Waals surface area contributed by atoms with Gasteiger partial charge in [-0.05, 0) is 11.5 Å². The van der Waals surface area contributed by atoms with Gasteiger partial charge in [-0.3, -0.25) is 0 Å². The lowest BCUT2D eigenvalue weighted by atomic mass is 10.3. The zero-order valence-corrected chi connectivity index (χ0v) is 10.7. The van der Waals surface area contributed by atoms with Gasteiger partial charge in [-0.25, -0.2) is 4.98 Å². The summed E-state index contributed by atoms with van der Waals surface area (Å²) in [6, 6.07) is 1.85. The van der Waals surface area contributed by atoms with E-state index in [4.69, 9.17) is 0 Å². The van der Waals surface area contributed by atoms with Crippen LogP contribution >= 0.6 is 0 Å². The van der Waals surface area contributed by atoms with Gasteiger partial charge in [-0.15, -0.1) is 9.67 Å². The number of aromatic nitrogens is 5. The summed E-state index contributed by atoms with van der Waals surface area (Å²) in [4.78, 5) is 8.02. The smallest absolute Gasteiger partial charge is 0.240 e. The number of rotatable bonds is 4. The van der Waals surface area contributed by atoms with E-state index < -0.39 is 0 Å². The predicted octanol–water partition coefficient (Wildman–Crippen LogP) is -2.25. The van der Waals surface area contributed by atoms with Crippen LogP contribution in [-0.4, -0.2) is 19.7 Å². The number of nitrogens with zero attached hydrogens (tertiary/aromatic N) is 5. The topological polar surface area (TPSA) is 47.5 Å². The summed E-state index contributed by atoms with van der Waals surface area (Å²) in [5.41, 5.74) is 0. The van der Waals surface area contributed by atoms with Crippen molar-refractivity contribution in [2.24, 2.45) is 0 Å². The van der Waals surface area contributed by atoms with Gasteiger partial charge in [0.2, 0.25) is 12.1 Å². The number of aryl methyl sites for hydroxylation is 1. The molecule has 0 atom stereocenters. The highest BCUT2D eigenvalue weighted by Crippen LogP contribution is 1.93. The third kappa shape index (κ3) is 3.10. The molecule has 0 saturated heterocycles. The van der Waals surface area contributed by atoms with Crippen LogP contribution in [0.3, 0.4) is 0 Å². The summed E-state index contributed by atoms with van der Waals surface area (Å²) in [6.07, 6.45) is 9.28. The fourth-order valence-electron chi connectivity index (χ4n) is 1.32. The molecule has 2 rings (SSSR count). The zero-order valence-electron chi connectivity index (χ0n) is 9.12. The van der Waals surface area contributed by atoms with Crippen LogP contribution in [0, 0.1) is 0 Å². The quantitative estimate of drug-likeness (QED) is 0.596. The Balaban J connectivity index is 0.00000128. The third-order valence-corrected chi connectivity index (χ3v) is 2.15. The maximum Gasteiger partial charge on any atom is 0.240 e. The molecule has 0 spiro atoms. The van der Waals surface area contributed by atoms with E-state index in [2.05, 4.69) is 22.0 Å². The number of halogens is 1. The van der Waals surface area contributed by atoms with Crippen LogP contribution in [-0.2, 0) is 6.54 Å². The first-order chi connectivity index (χ1) is 7.40. The van der Waals surface area contributed by atoms with Crippen molar-refractivity contribution in [1.82, 2.24) is 19.7 Å². The third-order valence-electron chi connectivity index (χ3n) is 2.15. The normalized spacial score (nSPS) is 9.81. The molecule has 6 heteroatoms. The highest BCUT2D eigenvalue weighted by molar-refractivity contribution is 5.03. The van der Waals surface area contributed by atoms with Gasteiger partial charge in [0.05, 0.1) is 6.54 Å². The molecular weight excluding hydrogens is 270 g/mol. The van der Waals surface area contributed by atoms with Gasteiger partial charge in [0.15, 0.2) is 12.7 Å². The van der Waals surface area contributed by atoms with Gasteiger partial charge in [0.25, 0.3) is 0 Å². The molecular formula is C10H14BrN5. The molecule has 0 radical (unpaired) electrons. The van der Waals surface area contributed by atoms with E-state index >= 15 is 0 Å². The Morgan fingerprint density at radius 3 is 3.00 bits per heavy atom. The molecule has 0 N–H and O–H groups in total. The average molecular weight is 284 g/mol. The van der Waals surface area contributed by atoms with E-state index in [1.54, 1.807) is 12.5 Å². The first-order valence-electron chi connectivity index (χ1n) is 5.10. The van der Waals surface area contributed by atoms with Crippen LogP contribution in [0.5, 0.6) is 0 Å². The van der Waals surface area contributed by atoms with Crippen molar-refractivity contribution in [1.29, 1.82) is 0 Å². The summed E-state index contributed by atoms with van der Waals surface area (Å²) < 4.78 is 3.81. The highest BCUT2D eigenvalue weighted by atomic mass is 79.9. The monoisotopic (exact) mass is 283 g/mol. The second-order valence-corrected chi connectivity index (χ2v) is 3.34. The lowest BCUT2D eigenvalue weighted by Gasteiger charge is -1.92. The molecule has 0 fully saturated rings. The van der Waals surface area contributed by atoms with Crippen LogP contribution in [0.1, 0.15) is 19.8 Å². The summed E-state index contributed by atoms with van der Waals surface area (Å²) >= 11 is 0. The van der Waals surface area contributed by atoms with Crippen molar-refractivity contribution in [3.8, 4) is 5.82 Å². The second-order valence-electron chi connectivity index (χ2n) is 3.34. The standard InChI is InChI=1S/C10H14N5.BrH/c1-2-3-6-15-9-14(8-13-15)10-4-5-11-7-12-10;/h4-5,7-9H,2-3,6H2,1H3;1H/q+1;/p-1. The minimum absolute atomic E-state index is 0. The van der Waals surface area contributed by atoms with Crippen molar-refractivity contribution in [2.75, 3.05) is 0 Å². The Labute approximate surface area is 105 Å². The van der Waals surface area contributed by atoms with Crippen molar-refractivity contribution >= 4 is 0 Å². The Kier molecular flexibility index (Phi) is 5.04. The van der Waals surface area contributed by atoms with Crippen LogP contribution in [0.25, 0.3) is 5.82 Å². The second kappa shape index (κ2) is 6.32. The fraction of sp³-hybridized carbons (Fsp3) is 0.400. The van der Waals surface area contributed by atoms with Crippen LogP contribution < -0.4 is 21.5 Å².